The van der Waals surface area contributed by atoms with Gasteiger partial charge in [0.25, 0.3) is 0 Å². The minimum Gasteiger partial charge on any atom is -0.463 e. The number of hydrogen-bond acceptors (Lipinski definition) is 7. The third-order valence-electron chi connectivity index (χ3n) is 4.60. The minimum absolute atomic E-state index is 0.260. The number of thiophene rings is 1. The summed E-state index contributed by atoms with van der Waals surface area (Å²) >= 11 is 2.98. The summed E-state index contributed by atoms with van der Waals surface area (Å²) in [6.07, 6.45) is 0. The fourth-order valence-corrected chi connectivity index (χ4v) is 4.89. The van der Waals surface area contributed by atoms with Crippen LogP contribution in [0, 0.1) is 0 Å². The number of carbonyl (C=O) groups is 2. The van der Waals surface area contributed by atoms with Gasteiger partial charge in [-0.3, -0.25) is 4.57 Å². The molecule has 0 spiro atoms. The van der Waals surface area contributed by atoms with Crippen LogP contribution in [0.4, 0.5) is 4.79 Å². The first-order valence-electron chi connectivity index (χ1n) is 9.73. The molecule has 2 aromatic heterocycles. The molecule has 1 atom stereocenters. The molecule has 3 heterocycles. The standard InChI is InChI=1S/C21H21N5O3S2/c1-3-29-19(27)17-13(2)22-20(28)23-15(17)12-31-21-25-24-18(16-10-7-11-30-16)26(21)14-8-5-4-6-9-14/h4-11,13H,3,12H2,1-2H3,(H2,22,23,28). The predicted molar refractivity (Wildman–Crippen MR) is 120 cm³/mol. The van der Waals surface area contributed by atoms with E-state index in [-0.39, 0.29) is 12.6 Å². The molecule has 0 aliphatic carbocycles. The Hall–Kier alpha value is -3.11. The summed E-state index contributed by atoms with van der Waals surface area (Å²) in [6.45, 7) is 3.77. The molecule has 0 fully saturated rings. The predicted octanol–water partition coefficient (Wildman–Crippen LogP) is 3.61. The summed E-state index contributed by atoms with van der Waals surface area (Å²) < 4.78 is 7.17. The number of nitrogens with zero attached hydrogens (tertiary/aromatic N) is 3. The van der Waals surface area contributed by atoms with Crippen LogP contribution in [0.5, 0.6) is 0 Å². The zero-order chi connectivity index (χ0) is 21.8. The quantitative estimate of drug-likeness (QED) is 0.417. The van der Waals surface area contributed by atoms with Crippen molar-refractivity contribution >= 4 is 35.1 Å². The lowest BCUT2D eigenvalue weighted by atomic mass is 10.1. The van der Waals surface area contributed by atoms with Gasteiger partial charge in [0.2, 0.25) is 0 Å². The van der Waals surface area contributed by atoms with E-state index < -0.39 is 12.0 Å². The number of hydrogen-bond donors (Lipinski definition) is 2. The van der Waals surface area contributed by atoms with E-state index in [4.69, 9.17) is 4.74 Å². The molecule has 1 unspecified atom stereocenters. The second-order valence-electron chi connectivity index (χ2n) is 6.68. The van der Waals surface area contributed by atoms with E-state index >= 15 is 0 Å². The fraction of sp³-hybridized carbons (Fsp3) is 0.238. The van der Waals surface area contributed by atoms with E-state index in [2.05, 4.69) is 20.8 Å². The van der Waals surface area contributed by atoms with Crippen molar-refractivity contribution in [3.8, 4) is 16.4 Å². The Kier molecular flexibility index (Phi) is 6.38. The molecule has 2 N–H and O–H groups in total. The van der Waals surface area contributed by atoms with Gasteiger partial charge in [-0.25, -0.2) is 9.59 Å². The second-order valence-corrected chi connectivity index (χ2v) is 8.57. The normalized spacial score (nSPS) is 16.1. The Bertz CT molecular complexity index is 1110. The van der Waals surface area contributed by atoms with Crippen LogP contribution in [0.1, 0.15) is 13.8 Å². The smallest absolute Gasteiger partial charge is 0.337 e. The van der Waals surface area contributed by atoms with Crippen LogP contribution in [0.3, 0.4) is 0 Å². The van der Waals surface area contributed by atoms with Crippen molar-refractivity contribution in [2.24, 2.45) is 0 Å². The summed E-state index contributed by atoms with van der Waals surface area (Å²) in [5.41, 5.74) is 1.86. The Morgan fingerprint density at radius 3 is 2.74 bits per heavy atom. The number of ether oxygens (including phenoxy) is 1. The van der Waals surface area contributed by atoms with Crippen LogP contribution in [0.25, 0.3) is 16.4 Å². The van der Waals surface area contributed by atoms with Crippen LogP contribution in [0.15, 0.2) is 64.3 Å². The lowest BCUT2D eigenvalue weighted by Gasteiger charge is -2.26. The number of carbonyl (C=O) groups excluding carboxylic acids is 2. The van der Waals surface area contributed by atoms with Crippen molar-refractivity contribution in [3.05, 3.63) is 59.1 Å². The zero-order valence-corrected chi connectivity index (χ0v) is 18.6. The van der Waals surface area contributed by atoms with Crippen molar-refractivity contribution in [2.75, 3.05) is 12.4 Å². The maximum atomic E-state index is 12.5. The van der Waals surface area contributed by atoms with E-state index in [1.54, 1.807) is 25.2 Å². The Labute approximate surface area is 187 Å². The molecule has 2 amide bonds. The summed E-state index contributed by atoms with van der Waals surface area (Å²) in [4.78, 5) is 25.5. The molecule has 0 saturated heterocycles. The van der Waals surface area contributed by atoms with Crippen molar-refractivity contribution in [1.82, 2.24) is 25.4 Å². The topological polar surface area (TPSA) is 98.1 Å². The fourth-order valence-electron chi connectivity index (χ4n) is 3.27. The monoisotopic (exact) mass is 455 g/mol. The number of esters is 1. The molecule has 0 saturated carbocycles. The van der Waals surface area contributed by atoms with Crippen LogP contribution in [-0.2, 0) is 9.53 Å². The van der Waals surface area contributed by atoms with Gasteiger partial charge in [0.15, 0.2) is 11.0 Å². The third-order valence-corrected chi connectivity index (χ3v) is 6.42. The van der Waals surface area contributed by atoms with Crippen LogP contribution in [-0.4, -0.2) is 45.2 Å². The van der Waals surface area contributed by atoms with Gasteiger partial charge >= 0.3 is 12.0 Å². The average Bonchev–Trinajstić information content (AvgIpc) is 3.42. The van der Waals surface area contributed by atoms with Gasteiger partial charge in [-0.2, -0.15) is 0 Å². The highest BCUT2D eigenvalue weighted by Gasteiger charge is 2.30. The first-order valence-corrected chi connectivity index (χ1v) is 11.6. The highest BCUT2D eigenvalue weighted by atomic mass is 32.2. The van der Waals surface area contributed by atoms with Crippen molar-refractivity contribution in [1.29, 1.82) is 0 Å². The SMILES string of the molecule is CCOC(=O)C1=C(CSc2nnc(-c3cccs3)n2-c2ccccc2)NC(=O)NC1C. The van der Waals surface area contributed by atoms with Crippen LogP contribution in [0.2, 0.25) is 0 Å². The number of nitrogens with one attached hydrogen (secondary N) is 2. The molecule has 1 aliphatic heterocycles. The maximum Gasteiger partial charge on any atom is 0.337 e. The number of para-hydroxylation sites is 1. The van der Waals surface area contributed by atoms with Gasteiger partial charge in [0, 0.05) is 17.1 Å². The van der Waals surface area contributed by atoms with Gasteiger partial charge < -0.3 is 15.4 Å². The van der Waals surface area contributed by atoms with Crippen molar-refractivity contribution in [3.63, 3.8) is 0 Å². The van der Waals surface area contributed by atoms with Gasteiger partial charge in [-0.1, -0.05) is 36.0 Å². The van der Waals surface area contributed by atoms with Gasteiger partial charge in [0.1, 0.15) is 0 Å². The maximum absolute atomic E-state index is 12.5. The molecule has 1 aromatic carbocycles. The van der Waals surface area contributed by atoms with E-state index in [1.165, 1.54) is 11.8 Å². The van der Waals surface area contributed by atoms with Gasteiger partial charge in [-0.05, 0) is 37.4 Å². The number of urea groups is 1. The number of thioether (sulfide) groups is 1. The molecule has 0 bridgehead atoms. The summed E-state index contributed by atoms with van der Waals surface area (Å²) in [5.74, 6) is 0.634. The molecule has 0 radical (unpaired) electrons. The molecular formula is C21H21N5O3S2. The number of rotatable bonds is 7. The molecule has 31 heavy (non-hydrogen) atoms. The van der Waals surface area contributed by atoms with Crippen LogP contribution >= 0.6 is 23.1 Å². The number of amides is 2. The highest BCUT2D eigenvalue weighted by molar-refractivity contribution is 7.99. The van der Waals surface area contributed by atoms with Gasteiger partial charge in [0.05, 0.1) is 23.1 Å². The highest BCUT2D eigenvalue weighted by Crippen LogP contribution is 2.31. The van der Waals surface area contributed by atoms with Crippen molar-refractivity contribution in [2.45, 2.75) is 25.0 Å². The summed E-state index contributed by atoms with van der Waals surface area (Å²) in [5, 5.41) is 16.9. The number of benzene rings is 1. The molecule has 160 valence electrons. The molecular weight excluding hydrogens is 434 g/mol. The molecule has 4 rings (SSSR count). The first kappa shape index (κ1) is 21.1. The van der Waals surface area contributed by atoms with Crippen LogP contribution < -0.4 is 10.6 Å². The lowest BCUT2D eigenvalue weighted by molar-refractivity contribution is -0.138. The van der Waals surface area contributed by atoms with E-state index in [1.807, 2.05) is 52.4 Å². The largest absolute Gasteiger partial charge is 0.463 e. The van der Waals surface area contributed by atoms with Gasteiger partial charge in [-0.15, -0.1) is 21.5 Å². The minimum atomic E-state index is -0.447. The van der Waals surface area contributed by atoms with E-state index in [0.29, 0.717) is 22.2 Å². The summed E-state index contributed by atoms with van der Waals surface area (Å²) in [7, 11) is 0. The Morgan fingerprint density at radius 1 is 1.23 bits per heavy atom. The molecule has 8 nitrogen and oxygen atoms in total. The first-order chi connectivity index (χ1) is 15.1. The lowest BCUT2D eigenvalue weighted by Crippen LogP contribution is -2.49. The zero-order valence-electron chi connectivity index (χ0n) is 17.0. The molecule has 1 aliphatic rings. The number of aromatic nitrogens is 3. The van der Waals surface area contributed by atoms with E-state index in [9.17, 15) is 9.59 Å². The van der Waals surface area contributed by atoms with E-state index in [0.717, 1.165) is 16.4 Å². The summed E-state index contributed by atoms with van der Waals surface area (Å²) in [6, 6.07) is 13.0. The Balaban J connectivity index is 1.69. The average molecular weight is 456 g/mol. The molecule has 3 aromatic rings. The molecule has 10 heteroatoms. The Morgan fingerprint density at radius 2 is 2.03 bits per heavy atom. The van der Waals surface area contributed by atoms with Crippen molar-refractivity contribution < 1.29 is 14.3 Å². The third kappa shape index (κ3) is 4.49. The second kappa shape index (κ2) is 9.36.